The van der Waals surface area contributed by atoms with E-state index in [1.807, 2.05) is 67.6 Å². The number of piperazine rings is 1. The van der Waals surface area contributed by atoms with Gasteiger partial charge >= 0.3 is 18.1 Å². The fourth-order valence-electron chi connectivity index (χ4n) is 6.05. The van der Waals surface area contributed by atoms with E-state index in [1.54, 1.807) is 9.80 Å². The number of esters is 1. The number of carbonyl (C=O) groups is 4. The second-order valence-corrected chi connectivity index (χ2v) is 11.0. The van der Waals surface area contributed by atoms with E-state index in [0.29, 0.717) is 37.4 Å². The quantitative estimate of drug-likeness (QED) is 0.181. The molecule has 2 aliphatic rings. The highest BCUT2D eigenvalue weighted by Crippen LogP contribution is 2.43. The van der Waals surface area contributed by atoms with Crippen molar-refractivity contribution in [3.63, 3.8) is 0 Å². The third-order valence-electron chi connectivity index (χ3n) is 8.32. The third kappa shape index (κ3) is 7.36. The van der Waals surface area contributed by atoms with Gasteiger partial charge in [-0.2, -0.15) is 0 Å². The zero-order valence-electron chi connectivity index (χ0n) is 25.4. The van der Waals surface area contributed by atoms with Gasteiger partial charge in [-0.05, 0) is 37.4 Å². The Balaban J connectivity index is 1.33. The minimum absolute atomic E-state index is 0.219. The molecule has 0 aliphatic carbocycles. The average molecular weight is 593 g/mol. The summed E-state index contributed by atoms with van der Waals surface area (Å²) in [6, 6.07) is 18.2. The van der Waals surface area contributed by atoms with E-state index >= 15 is 0 Å². The Morgan fingerprint density at radius 2 is 1.30 bits per heavy atom. The van der Waals surface area contributed by atoms with Crippen LogP contribution in [-0.4, -0.2) is 103 Å². The molecule has 2 heterocycles. The number of methoxy groups -OCH3 is 1. The molecule has 0 bridgehead atoms. The maximum Gasteiger partial charge on any atom is 0.409 e. The van der Waals surface area contributed by atoms with E-state index in [4.69, 9.17) is 9.47 Å². The zero-order chi connectivity index (χ0) is 30.7. The molecule has 232 valence electrons. The summed E-state index contributed by atoms with van der Waals surface area (Å²) >= 11 is 0. The maximum absolute atomic E-state index is 14.1. The molecule has 2 aromatic carbocycles. The largest absolute Gasteiger partial charge is 0.468 e. The van der Waals surface area contributed by atoms with Gasteiger partial charge in [-0.1, -0.05) is 86.3 Å². The number of nitrogens with zero attached hydrogens (tertiary/aromatic N) is 4. The normalized spacial score (nSPS) is 16.9. The molecule has 0 unspecified atom stereocenters. The topological polar surface area (TPSA) is 99.7 Å². The van der Waals surface area contributed by atoms with Crippen molar-refractivity contribution in [1.82, 2.24) is 19.6 Å². The molecule has 0 saturated carbocycles. The van der Waals surface area contributed by atoms with Gasteiger partial charge in [0, 0.05) is 32.7 Å². The summed E-state index contributed by atoms with van der Waals surface area (Å²) < 4.78 is 9.90. The van der Waals surface area contributed by atoms with Crippen LogP contribution >= 0.6 is 0 Å². The second-order valence-electron chi connectivity index (χ2n) is 11.0. The molecule has 2 saturated heterocycles. The Kier molecular flexibility index (Phi) is 11.6. The standard InChI is InChI=1S/C33H44N4O6/c1-3-43-32(41)35-24-22-34(23-25-35)20-14-6-4-5-7-15-21-37-31(40)36(26-29(38)42-2)30(39)33(37,27-16-10-8-11-17-27)28-18-12-9-13-19-28/h8-13,16-19H,3-7,14-15,20-26H2,1-2H3. The SMILES string of the molecule is CCOC(=O)N1CCN(CCCCCCCCN2C(=O)N(CC(=O)OC)C(=O)C2(c2ccccc2)c2ccccc2)CC1. The third-order valence-corrected chi connectivity index (χ3v) is 8.32. The number of unbranched alkanes of at least 4 members (excludes halogenated alkanes) is 5. The van der Waals surface area contributed by atoms with Gasteiger partial charge in [0.25, 0.3) is 5.91 Å². The molecule has 10 heteroatoms. The van der Waals surface area contributed by atoms with Crippen molar-refractivity contribution in [1.29, 1.82) is 0 Å². The number of imide groups is 1. The Labute approximate surface area is 254 Å². The van der Waals surface area contributed by atoms with E-state index in [1.165, 1.54) is 7.11 Å². The molecule has 2 aromatic rings. The molecule has 4 rings (SSSR count). The van der Waals surface area contributed by atoms with Crippen LogP contribution in [0.5, 0.6) is 0 Å². The Morgan fingerprint density at radius 3 is 1.84 bits per heavy atom. The lowest BCUT2D eigenvalue weighted by molar-refractivity contribution is -0.145. The zero-order valence-corrected chi connectivity index (χ0v) is 25.4. The molecule has 43 heavy (non-hydrogen) atoms. The molecule has 0 radical (unpaired) electrons. The minimum Gasteiger partial charge on any atom is -0.468 e. The first kappa shape index (κ1) is 32.0. The fraction of sp³-hybridized carbons (Fsp3) is 0.515. The van der Waals surface area contributed by atoms with Gasteiger partial charge in [-0.15, -0.1) is 0 Å². The lowest BCUT2D eigenvalue weighted by Crippen LogP contribution is -2.49. The molecule has 0 atom stereocenters. The van der Waals surface area contributed by atoms with E-state index < -0.39 is 30.0 Å². The first-order valence-electron chi connectivity index (χ1n) is 15.4. The highest BCUT2D eigenvalue weighted by Gasteiger charge is 2.59. The van der Waals surface area contributed by atoms with Gasteiger partial charge in [0.1, 0.15) is 6.54 Å². The minimum atomic E-state index is -1.36. The van der Waals surface area contributed by atoms with E-state index in [-0.39, 0.29) is 6.09 Å². The van der Waals surface area contributed by atoms with Gasteiger partial charge in [0.2, 0.25) is 0 Å². The summed E-state index contributed by atoms with van der Waals surface area (Å²) in [6.45, 7) is 6.37. The van der Waals surface area contributed by atoms with Crippen LogP contribution in [0.1, 0.15) is 56.6 Å². The average Bonchev–Trinajstić information content (AvgIpc) is 3.25. The molecule has 10 nitrogen and oxygen atoms in total. The molecular formula is C33H44N4O6. The first-order chi connectivity index (χ1) is 20.9. The number of carbonyl (C=O) groups excluding carboxylic acids is 4. The first-order valence-corrected chi connectivity index (χ1v) is 15.4. The number of ether oxygens (including phenoxy) is 2. The van der Waals surface area contributed by atoms with Crippen LogP contribution in [0.3, 0.4) is 0 Å². The highest BCUT2D eigenvalue weighted by atomic mass is 16.6. The van der Waals surface area contributed by atoms with Gasteiger partial charge in [-0.25, -0.2) is 9.59 Å². The van der Waals surface area contributed by atoms with E-state index in [9.17, 15) is 19.2 Å². The number of rotatable bonds is 14. The van der Waals surface area contributed by atoms with Crippen LogP contribution < -0.4 is 0 Å². The number of amides is 4. The molecule has 0 N–H and O–H groups in total. The van der Waals surface area contributed by atoms with Gasteiger partial charge in [0.05, 0.1) is 13.7 Å². The van der Waals surface area contributed by atoms with E-state index in [2.05, 4.69) is 4.90 Å². The van der Waals surface area contributed by atoms with Gasteiger partial charge in [-0.3, -0.25) is 19.4 Å². The number of urea groups is 1. The van der Waals surface area contributed by atoms with Crippen LogP contribution in [0.2, 0.25) is 0 Å². The molecule has 2 aliphatic heterocycles. The van der Waals surface area contributed by atoms with Crippen molar-refractivity contribution >= 4 is 24.0 Å². The Bertz CT molecular complexity index is 1180. The molecule has 0 aromatic heterocycles. The fourth-order valence-corrected chi connectivity index (χ4v) is 6.05. The van der Waals surface area contributed by atoms with Crippen molar-refractivity contribution in [2.75, 3.05) is 59.5 Å². The monoisotopic (exact) mass is 592 g/mol. The number of hydrogen-bond donors (Lipinski definition) is 0. The summed E-state index contributed by atoms with van der Waals surface area (Å²) in [7, 11) is 1.25. The smallest absolute Gasteiger partial charge is 0.409 e. The van der Waals surface area contributed by atoms with E-state index in [0.717, 1.165) is 63.1 Å². The highest BCUT2D eigenvalue weighted by molar-refractivity contribution is 6.11. The van der Waals surface area contributed by atoms with Crippen LogP contribution in [0.15, 0.2) is 60.7 Å². The van der Waals surface area contributed by atoms with Crippen molar-refractivity contribution in [2.24, 2.45) is 0 Å². The van der Waals surface area contributed by atoms with Gasteiger partial charge in [0.15, 0.2) is 5.54 Å². The Hall–Kier alpha value is -3.92. The molecule has 0 spiro atoms. The summed E-state index contributed by atoms with van der Waals surface area (Å²) in [5, 5.41) is 0. The second kappa shape index (κ2) is 15.5. The predicted molar refractivity (Wildman–Crippen MR) is 162 cm³/mol. The van der Waals surface area contributed by atoms with Crippen LogP contribution in [0.25, 0.3) is 0 Å². The summed E-state index contributed by atoms with van der Waals surface area (Å²) in [5.41, 5.74) is 0.0234. The van der Waals surface area contributed by atoms with Crippen LogP contribution in [0.4, 0.5) is 9.59 Å². The predicted octanol–water partition coefficient (Wildman–Crippen LogP) is 4.48. The van der Waals surface area contributed by atoms with Crippen molar-refractivity contribution in [3.8, 4) is 0 Å². The lowest BCUT2D eigenvalue weighted by atomic mass is 9.81. The summed E-state index contributed by atoms with van der Waals surface area (Å²) in [4.78, 5) is 58.8. The Morgan fingerprint density at radius 1 is 0.767 bits per heavy atom. The maximum atomic E-state index is 14.1. The van der Waals surface area contributed by atoms with Crippen LogP contribution in [-0.2, 0) is 24.6 Å². The van der Waals surface area contributed by atoms with Gasteiger partial charge < -0.3 is 19.3 Å². The molecular weight excluding hydrogens is 548 g/mol. The lowest BCUT2D eigenvalue weighted by Gasteiger charge is -2.36. The molecule has 4 amide bonds. The van der Waals surface area contributed by atoms with Crippen molar-refractivity contribution < 1.29 is 28.7 Å². The van der Waals surface area contributed by atoms with Crippen molar-refractivity contribution in [2.45, 2.75) is 51.0 Å². The number of hydrogen-bond acceptors (Lipinski definition) is 7. The summed E-state index contributed by atoms with van der Waals surface area (Å²) in [5.74, 6) is -1.08. The summed E-state index contributed by atoms with van der Waals surface area (Å²) in [6.07, 6.45) is 5.78. The van der Waals surface area contributed by atoms with Crippen molar-refractivity contribution in [3.05, 3.63) is 71.8 Å². The molecule has 2 fully saturated rings. The van der Waals surface area contributed by atoms with Crippen LogP contribution in [0, 0.1) is 0 Å². The number of benzene rings is 2.